The van der Waals surface area contributed by atoms with Crippen molar-refractivity contribution in [2.45, 2.75) is 26.2 Å². The average Bonchev–Trinajstić information content (AvgIpc) is 2.71. The molecule has 18 heavy (non-hydrogen) atoms. The van der Waals surface area contributed by atoms with Crippen molar-refractivity contribution in [1.82, 2.24) is 10.2 Å². The van der Waals surface area contributed by atoms with Gasteiger partial charge in [0.15, 0.2) is 0 Å². The Bertz CT molecular complexity index is 391. The molecule has 1 aliphatic rings. The Labute approximate surface area is 112 Å². The topological polar surface area (TPSA) is 58.4 Å². The number of thiophene rings is 1. The Kier molecular flexibility index (Phi) is 4.60. The first-order valence-electron chi connectivity index (χ1n) is 6.53. The molecule has 1 aromatic heterocycles. The molecule has 0 saturated carbocycles. The average molecular weight is 267 g/mol. The fourth-order valence-corrected chi connectivity index (χ4v) is 3.06. The third-order valence-electron chi connectivity index (χ3n) is 3.34. The molecule has 0 atom stereocenters. The third kappa shape index (κ3) is 3.46. The van der Waals surface area contributed by atoms with Crippen LogP contribution in [0.1, 0.15) is 33.8 Å². The first kappa shape index (κ1) is 13.4. The maximum absolute atomic E-state index is 11.9. The summed E-state index contributed by atoms with van der Waals surface area (Å²) in [5.74, 6) is -0.00295. The molecule has 0 aliphatic carbocycles. The predicted molar refractivity (Wildman–Crippen MR) is 76.1 cm³/mol. The quantitative estimate of drug-likeness (QED) is 0.875. The number of aryl methyl sites for hydroxylation is 1. The number of nitrogens with two attached hydrogens (primary N) is 1. The molecule has 1 amide bonds. The first-order chi connectivity index (χ1) is 8.66. The van der Waals surface area contributed by atoms with Gasteiger partial charge in [-0.1, -0.05) is 6.42 Å². The number of amides is 1. The minimum atomic E-state index is -0.00295. The molecule has 2 heterocycles. The van der Waals surface area contributed by atoms with Gasteiger partial charge in [0, 0.05) is 23.7 Å². The van der Waals surface area contributed by atoms with Gasteiger partial charge in [0.2, 0.25) is 0 Å². The zero-order valence-electron chi connectivity index (χ0n) is 10.9. The Balaban J connectivity index is 1.74. The molecule has 4 nitrogen and oxygen atoms in total. The second kappa shape index (κ2) is 6.20. The van der Waals surface area contributed by atoms with Gasteiger partial charge in [0.05, 0.1) is 4.88 Å². The lowest BCUT2D eigenvalue weighted by atomic mass is 10.1. The number of hydrogen-bond donors (Lipinski definition) is 2. The molecule has 1 aromatic rings. The highest BCUT2D eigenvalue weighted by molar-refractivity contribution is 7.14. The number of likely N-dealkylation sites (tertiary alicyclic amines) is 1. The van der Waals surface area contributed by atoms with E-state index in [0.717, 1.165) is 18.0 Å². The van der Waals surface area contributed by atoms with Crippen LogP contribution in [0.15, 0.2) is 6.07 Å². The van der Waals surface area contributed by atoms with E-state index >= 15 is 0 Å². The number of hydrogen-bond acceptors (Lipinski definition) is 4. The zero-order valence-corrected chi connectivity index (χ0v) is 11.7. The van der Waals surface area contributed by atoms with Crippen molar-refractivity contribution in [3.8, 4) is 0 Å². The molecule has 1 fully saturated rings. The summed E-state index contributed by atoms with van der Waals surface area (Å²) >= 11 is 1.46. The van der Waals surface area contributed by atoms with E-state index in [1.165, 1.54) is 43.7 Å². The van der Waals surface area contributed by atoms with Crippen LogP contribution in [0.4, 0.5) is 5.69 Å². The number of piperidine rings is 1. The van der Waals surface area contributed by atoms with E-state index in [9.17, 15) is 4.79 Å². The molecule has 0 unspecified atom stereocenters. The van der Waals surface area contributed by atoms with Crippen LogP contribution in [-0.4, -0.2) is 37.0 Å². The minimum Gasteiger partial charge on any atom is -0.398 e. The molecule has 2 rings (SSSR count). The first-order valence-corrected chi connectivity index (χ1v) is 7.35. The van der Waals surface area contributed by atoms with Crippen molar-refractivity contribution in [3.63, 3.8) is 0 Å². The second-order valence-electron chi connectivity index (χ2n) is 4.78. The molecule has 0 bridgehead atoms. The van der Waals surface area contributed by atoms with Gasteiger partial charge in [-0.05, 0) is 38.9 Å². The number of rotatable bonds is 4. The largest absolute Gasteiger partial charge is 0.398 e. The summed E-state index contributed by atoms with van der Waals surface area (Å²) in [5.41, 5.74) is 6.46. The number of nitrogens with zero attached hydrogens (tertiary/aromatic N) is 1. The summed E-state index contributed by atoms with van der Waals surface area (Å²) in [5, 5.41) is 2.96. The molecule has 1 aliphatic heterocycles. The molecular formula is C13H21N3OS. The van der Waals surface area contributed by atoms with E-state index in [4.69, 9.17) is 5.73 Å². The molecular weight excluding hydrogens is 246 g/mol. The maximum Gasteiger partial charge on any atom is 0.261 e. The van der Waals surface area contributed by atoms with Crippen LogP contribution >= 0.6 is 11.3 Å². The van der Waals surface area contributed by atoms with E-state index in [1.54, 1.807) is 6.07 Å². The molecule has 3 N–H and O–H groups in total. The van der Waals surface area contributed by atoms with Crippen LogP contribution in [0.3, 0.4) is 0 Å². The van der Waals surface area contributed by atoms with Crippen LogP contribution in [-0.2, 0) is 0 Å². The van der Waals surface area contributed by atoms with E-state index in [2.05, 4.69) is 10.2 Å². The summed E-state index contributed by atoms with van der Waals surface area (Å²) in [6.07, 6.45) is 3.92. The van der Waals surface area contributed by atoms with E-state index < -0.39 is 0 Å². The monoisotopic (exact) mass is 267 g/mol. The molecule has 100 valence electrons. The van der Waals surface area contributed by atoms with Gasteiger partial charge in [-0.25, -0.2) is 0 Å². The highest BCUT2D eigenvalue weighted by Crippen LogP contribution is 2.23. The molecule has 5 heteroatoms. The SMILES string of the molecule is Cc1sc(C(=O)NCCN2CCCCC2)cc1N. The van der Waals surface area contributed by atoms with Gasteiger partial charge in [0.1, 0.15) is 0 Å². The maximum atomic E-state index is 11.9. The zero-order chi connectivity index (χ0) is 13.0. The summed E-state index contributed by atoms with van der Waals surface area (Å²) in [4.78, 5) is 16.0. The minimum absolute atomic E-state index is 0.00295. The third-order valence-corrected chi connectivity index (χ3v) is 4.41. The standard InChI is InChI=1S/C13H21N3OS/c1-10-11(14)9-12(18-10)13(17)15-5-8-16-6-3-2-4-7-16/h9H,2-8,14H2,1H3,(H,15,17). The van der Waals surface area contributed by atoms with Crippen molar-refractivity contribution >= 4 is 22.9 Å². The summed E-state index contributed by atoms with van der Waals surface area (Å²) in [6.45, 7) is 5.94. The summed E-state index contributed by atoms with van der Waals surface area (Å²) in [7, 11) is 0. The lowest BCUT2D eigenvalue weighted by Gasteiger charge is -2.26. The Morgan fingerprint density at radius 3 is 2.78 bits per heavy atom. The summed E-state index contributed by atoms with van der Waals surface area (Å²) < 4.78 is 0. The highest BCUT2D eigenvalue weighted by Gasteiger charge is 2.12. The van der Waals surface area contributed by atoms with Crippen molar-refractivity contribution in [1.29, 1.82) is 0 Å². The van der Waals surface area contributed by atoms with E-state index in [0.29, 0.717) is 10.6 Å². The van der Waals surface area contributed by atoms with Crippen LogP contribution in [0.25, 0.3) is 0 Å². The lowest BCUT2D eigenvalue weighted by molar-refractivity contribution is 0.0950. The fourth-order valence-electron chi connectivity index (χ4n) is 2.21. The number of carbonyl (C=O) groups is 1. The van der Waals surface area contributed by atoms with Gasteiger partial charge < -0.3 is 16.0 Å². The van der Waals surface area contributed by atoms with Gasteiger partial charge >= 0.3 is 0 Å². The number of nitrogens with one attached hydrogen (secondary N) is 1. The molecule has 0 spiro atoms. The van der Waals surface area contributed by atoms with Crippen molar-refractivity contribution in [2.75, 3.05) is 31.9 Å². The smallest absolute Gasteiger partial charge is 0.261 e. The Morgan fingerprint density at radius 1 is 1.44 bits per heavy atom. The predicted octanol–water partition coefficient (Wildman–Crippen LogP) is 1.85. The fraction of sp³-hybridized carbons (Fsp3) is 0.615. The molecule has 0 radical (unpaired) electrons. The molecule has 0 aromatic carbocycles. The van der Waals surface area contributed by atoms with Gasteiger partial charge in [-0.3, -0.25) is 4.79 Å². The van der Waals surface area contributed by atoms with E-state index in [-0.39, 0.29) is 5.91 Å². The Morgan fingerprint density at radius 2 is 2.17 bits per heavy atom. The van der Waals surface area contributed by atoms with E-state index in [1.807, 2.05) is 6.92 Å². The van der Waals surface area contributed by atoms with Gasteiger partial charge in [-0.2, -0.15) is 0 Å². The Hall–Kier alpha value is -1.07. The van der Waals surface area contributed by atoms with Gasteiger partial charge in [0.25, 0.3) is 5.91 Å². The second-order valence-corrected chi connectivity index (χ2v) is 6.04. The number of nitrogen functional groups attached to an aromatic ring is 1. The number of carbonyl (C=O) groups excluding carboxylic acids is 1. The summed E-state index contributed by atoms with van der Waals surface area (Å²) in [6, 6.07) is 1.76. The normalized spacial score (nSPS) is 16.7. The van der Waals surface area contributed by atoms with Crippen LogP contribution < -0.4 is 11.1 Å². The van der Waals surface area contributed by atoms with Crippen LogP contribution in [0.2, 0.25) is 0 Å². The van der Waals surface area contributed by atoms with Crippen LogP contribution in [0.5, 0.6) is 0 Å². The van der Waals surface area contributed by atoms with Crippen LogP contribution in [0, 0.1) is 6.92 Å². The van der Waals surface area contributed by atoms with Crippen molar-refractivity contribution < 1.29 is 4.79 Å². The lowest BCUT2D eigenvalue weighted by Crippen LogP contribution is -2.37. The molecule has 1 saturated heterocycles. The van der Waals surface area contributed by atoms with Gasteiger partial charge in [-0.15, -0.1) is 11.3 Å². The van der Waals surface area contributed by atoms with Crippen molar-refractivity contribution in [2.24, 2.45) is 0 Å². The number of anilines is 1. The van der Waals surface area contributed by atoms with Crippen molar-refractivity contribution in [3.05, 3.63) is 15.8 Å². The highest BCUT2D eigenvalue weighted by atomic mass is 32.1.